The van der Waals surface area contributed by atoms with E-state index >= 15 is 0 Å². The molecule has 0 bridgehead atoms. The van der Waals surface area contributed by atoms with Crippen LogP contribution in [0.4, 0.5) is 4.79 Å². The first kappa shape index (κ1) is 16.2. The number of amides is 2. The summed E-state index contributed by atoms with van der Waals surface area (Å²) in [7, 11) is -1.58. The van der Waals surface area contributed by atoms with Crippen molar-refractivity contribution in [1.82, 2.24) is 14.9 Å². The average molecular weight is 291 g/mol. The number of carbonyl (C=O) groups excluding carboxylic acids is 1. The lowest BCUT2D eigenvalue weighted by Gasteiger charge is -2.23. The molecule has 1 aliphatic carbocycles. The van der Waals surface area contributed by atoms with E-state index in [1.165, 1.54) is 36.9 Å². The molecule has 1 saturated carbocycles. The molecule has 0 aromatic heterocycles. The van der Waals surface area contributed by atoms with E-state index in [0.29, 0.717) is 25.6 Å². The monoisotopic (exact) mass is 291 g/mol. The van der Waals surface area contributed by atoms with Crippen molar-refractivity contribution in [2.45, 2.75) is 44.6 Å². The van der Waals surface area contributed by atoms with Gasteiger partial charge in [0.2, 0.25) is 10.0 Å². The van der Waals surface area contributed by atoms with Gasteiger partial charge in [-0.2, -0.15) is 0 Å². The van der Waals surface area contributed by atoms with Crippen molar-refractivity contribution in [2.24, 2.45) is 0 Å². The average Bonchev–Trinajstić information content (AvgIpc) is 2.34. The lowest BCUT2D eigenvalue weighted by Crippen LogP contribution is -2.43. The highest BCUT2D eigenvalue weighted by molar-refractivity contribution is 7.88. The van der Waals surface area contributed by atoms with Gasteiger partial charge in [-0.15, -0.1) is 0 Å². The molecule has 0 saturated heterocycles. The summed E-state index contributed by atoms with van der Waals surface area (Å²) in [5.41, 5.74) is 0. The Morgan fingerprint density at radius 3 is 2.47 bits per heavy atom. The minimum atomic E-state index is -3.12. The summed E-state index contributed by atoms with van der Waals surface area (Å²) in [6, 6.07) is 0.154. The van der Waals surface area contributed by atoms with Gasteiger partial charge in [-0.05, 0) is 19.3 Å². The Bertz CT molecular complexity index is 378. The van der Waals surface area contributed by atoms with Crippen molar-refractivity contribution >= 4 is 16.1 Å². The topological polar surface area (TPSA) is 78.5 Å². The molecule has 1 fully saturated rings. The smallest absolute Gasteiger partial charge is 0.315 e. The Morgan fingerprint density at radius 1 is 1.26 bits per heavy atom. The quantitative estimate of drug-likeness (QED) is 0.714. The normalized spacial score (nSPS) is 17.4. The molecule has 6 nitrogen and oxygen atoms in total. The molecule has 19 heavy (non-hydrogen) atoms. The summed E-state index contributed by atoms with van der Waals surface area (Å²) in [4.78, 5) is 11.6. The van der Waals surface area contributed by atoms with Crippen LogP contribution in [0.15, 0.2) is 0 Å². The maximum atomic E-state index is 11.6. The fourth-order valence-corrected chi connectivity index (χ4v) is 2.61. The van der Waals surface area contributed by atoms with E-state index in [9.17, 15) is 13.2 Å². The molecule has 2 N–H and O–H groups in total. The highest BCUT2D eigenvalue weighted by Crippen LogP contribution is 2.17. The Morgan fingerprint density at radius 2 is 1.89 bits per heavy atom. The van der Waals surface area contributed by atoms with Crippen LogP contribution in [0.5, 0.6) is 0 Å². The molecule has 112 valence electrons. The van der Waals surface area contributed by atoms with Crippen LogP contribution in [0.25, 0.3) is 0 Å². The third-order valence-electron chi connectivity index (χ3n) is 3.44. The molecule has 7 heteroatoms. The molecule has 0 spiro atoms. The Hall–Kier alpha value is -0.820. The highest BCUT2D eigenvalue weighted by Gasteiger charge is 2.15. The second-order valence-corrected chi connectivity index (χ2v) is 7.26. The fourth-order valence-electron chi connectivity index (χ4n) is 2.15. The van der Waals surface area contributed by atoms with Gasteiger partial charge in [0.05, 0.1) is 6.26 Å². The number of nitrogens with one attached hydrogen (secondary N) is 2. The van der Waals surface area contributed by atoms with Gasteiger partial charge in [0.25, 0.3) is 0 Å². The van der Waals surface area contributed by atoms with Crippen LogP contribution in [0.2, 0.25) is 0 Å². The molecule has 0 aromatic carbocycles. The Kier molecular flexibility index (Phi) is 6.57. The van der Waals surface area contributed by atoms with Crippen LogP contribution in [-0.2, 0) is 10.0 Å². The van der Waals surface area contributed by atoms with E-state index in [1.54, 1.807) is 0 Å². The molecule has 1 rings (SSSR count). The largest absolute Gasteiger partial charge is 0.338 e. The molecule has 0 aromatic rings. The summed E-state index contributed by atoms with van der Waals surface area (Å²) >= 11 is 0. The van der Waals surface area contributed by atoms with Crippen LogP contribution in [0, 0.1) is 0 Å². The second-order valence-electron chi connectivity index (χ2n) is 5.17. The zero-order valence-electron chi connectivity index (χ0n) is 11.8. The first-order valence-electron chi connectivity index (χ1n) is 6.85. The van der Waals surface area contributed by atoms with E-state index in [-0.39, 0.29) is 6.03 Å². The summed E-state index contributed by atoms with van der Waals surface area (Å²) in [6.07, 6.45) is 7.54. The maximum Gasteiger partial charge on any atom is 0.315 e. The van der Waals surface area contributed by atoms with Crippen LogP contribution in [0.1, 0.15) is 38.5 Å². The number of sulfonamides is 1. The number of hydrogen-bond donors (Lipinski definition) is 2. The zero-order chi connectivity index (χ0) is 14.3. The second kappa shape index (κ2) is 7.69. The lowest BCUT2D eigenvalue weighted by molar-refractivity contribution is 0.232. The third kappa shape index (κ3) is 6.77. The number of urea groups is 1. The van der Waals surface area contributed by atoms with E-state index in [1.807, 2.05) is 0 Å². The van der Waals surface area contributed by atoms with Crippen LogP contribution < -0.4 is 10.6 Å². The van der Waals surface area contributed by atoms with E-state index in [2.05, 4.69) is 10.6 Å². The fraction of sp³-hybridized carbons (Fsp3) is 0.917. The van der Waals surface area contributed by atoms with Gasteiger partial charge < -0.3 is 10.6 Å². The van der Waals surface area contributed by atoms with E-state index in [0.717, 1.165) is 12.8 Å². The van der Waals surface area contributed by atoms with Gasteiger partial charge in [-0.3, -0.25) is 0 Å². The standard InChI is InChI=1S/C12H25N3O3S/c1-15(19(2,17)18)10-6-9-13-12(16)14-11-7-4-3-5-8-11/h11H,3-10H2,1-2H3,(H2,13,14,16). The third-order valence-corrected chi connectivity index (χ3v) is 4.76. The molecule has 0 aliphatic heterocycles. The van der Waals surface area contributed by atoms with Crippen molar-refractivity contribution in [2.75, 3.05) is 26.4 Å². The predicted octanol–water partition coefficient (Wildman–Crippen LogP) is 0.900. The minimum Gasteiger partial charge on any atom is -0.338 e. The van der Waals surface area contributed by atoms with Crippen molar-refractivity contribution < 1.29 is 13.2 Å². The first-order chi connectivity index (χ1) is 8.89. The maximum absolute atomic E-state index is 11.6. The molecule has 1 aliphatic rings. The number of carbonyl (C=O) groups is 1. The molecular weight excluding hydrogens is 266 g/mol. The lowest BCUT2D eigenvalue weighted by atomic mass is 9.96. The van der Waals surface area contributed by atoms with Gasteiger partial charge >= 0.3 is 6.03 Å². The molecule has 0 atom stereocenters. The van der Waals surface area contributed by atoms with Gasteiger partial charge in [-0.1, -0.05) is 19.3 Å². The predicted molar refractivity (Wildman–Crippen MR) is 75.5 cm³/mol. The van der Waals surface area contributed by atoms with Crippen molar-refractivity contribution in [1.29, 1.82) is 0 Å². The molecule has 0 unspecified atom stereocenters. The van der Waals surface area contributed by atoms with Crippen molar-refractivity contribution in [3.05, 3.63) is 0 Å². The Labute approximate surface area is 116 Å². The number of nitrogens with zero attached hydrogens (tertiary/aromatic N) is 1. The summed E-state index contributed by atoms with van der Waals surface area (Å²) < 4.78 is 23.6. The molecule has 0 heterocycles. The van der Waals surface area contributed by atoms with E-state index < -0.39 is 10.0 Å². The molecule has 0 radical (unpaired) electrons. The highest BCUT2D eigenvalue weighted by atomic mass is 32.2. The van der Waals surface area contributed by atoms with Gasteiger partial charge in [0, 0.05) is 26.2 Å². The molecular formula is C12H25N3O3S. The van der Waals surface area contributed by atoms with Crippen LogP contribution in [-0.4, -0.2) is 51.2 Å². The number of hydrogen-bond acceptors (Lipinski definition) is 3. The van der Waals surface area contributed by atoms with E-state index in [4.69, 9.17) is 0 Å². The summed E-state index contributed by atoms with van der Waals surface area (Å²) in [5.74, 6) is 0. The molecule has 2 amide bonds. The van der Waals surface area contributed by atoms with Crippen molar-refractivity contribution in [3.8, 4) is 0 Å². The van der Waals surface area contributed by atoms with Crippen LogP contribution >= 0.6 is 0 Å². The van der Waals surface area contributed by atoms with Crippen molar-refractivity contribution in [3.63, 3.8) is 0 Å². The minimum absolute atomic E-state index is 0.145. The van der Waals surface area contributed by atoms with Gasteiger partial charge in [0.1, 0.15) is 0 Å². The van der Waals surface area contributed by atoms with Gasteiger partial charge in [0.15, 0.2) is 0 Å². The SMILES string of the molecule is CN(CCCNC(=O)NC1CCCCC1)S(C)(=O)=O. The van der Waals surface area contributed by atoms with Crippen LogP contribution in [0.3, 0.4) is 0 Å². The summed E-state index contributed by atoms with van der Waals surface area (Å²) in [5, 5.41) is 5.72. The zero-order valence-corrected chi connectivity index (χ0v) is 12.6. The van der Waals surface area contributed by atoms with Gasteiger partial charge in [-0.25, -0.2) is 17.5 Å². The number of rotatable bonds is 6. The first-order valence-corrected chi connectivity index (χ1v) is 8.70. The Balaban J connectivity index is 2.10. The summed E-state index contributed by atoms with van der Waals surface area (Å²) in [6.45, 7) is 0.904.